The minimum Gasteiger partial charge on any atom is -0.119 e. The maximum atomic E-state index is 5.96. The highest BCUT2D eigenvalue weighted by atomic mass is 79.9. The summed E-state index contributed by atoms with van der Waals surface area (Å²) in [5.74, 6) is 0.807. The molecule has 0 bridgehead atoms. The van der Waals surface area contributed by atoms with Crippen LogP contribution in [-0.2, 0) is 0 Å². The zero-order valence-corrected chi connectivity index (χ0v) is 10.6. The summed E-state index contributed by atoms with van der Waals surface area (Å²) in [6.45, 7) is 3.74. The Morgan fingerprint density at radius 1 is 1.46 bits per heavy atom. The zero-order chi connectivity index (χ0) is 9.84. The highest BCUT2D eigenvalue weighted by molar-refractivity contribution is 9.11. The van der Waals surface area contributed by atoms with Crippen molar-refractivity contribution in [3.8, 4) is 0 Å². The molecule has 0 aliphatic heterocycles. The Balaban J connectivity index is 2.72. The summed E-state index contributed by atoms with van der Waals surface area (Å²) in [5.41, 5.74) is 0. The Bertz CT molecular complexity index is 325. The molecule has 13 heavy (non-hydrogen) atoms. The smallest absolute Gasteiger partial charge is 0.0556 e. The predicted molar refractivity (Wildman–Crippen MR) is 65.3 cm³/mol. The van der Waals surface area contributed by atoms with Crippen molar-refractivity contribution in [1.82, 2.24) is 0 Å². The van der Waals surface area contributed by atoms with Crippen LogP contribution in [-0.4, -0.2) is 5.75 Å². The monoisotopic (exact) mass is 296 g/mol. The lowest BCUT2D eigenvalue weighted by Gasteiger charge is -2.02. The summed E-state index contributed by atoms with van der Waals surface area (Å²) in [5, 5.41) is 1.35. The molecule has 0 amide bonds. The highest BCUT2D eigenvalue weighted by Gasteiger charge is 2.01. The Morgan fingerprint density at radius 3 is 2.69 bits per heavy atom. The SMILES string of the molecule is C=C(Br)CSc1ccc(Cl)cc1Cl. The topological polar surface area (TPSA) is 0 Å². The van der Waals surface area contributed by atoms with Gasteiger partial charge in [0.1, 0.15) is 0 Å². The van der Waals surface area contributed by atoms with Crippen LogP contribution in [0.15, 0.2) is 34.2 Å². The summed E-state index contributed by atoms with van der Waals surface area (Å²) < 4.78 is 0.948. The third kappa shape index (κ3) is 3.94. The summed E-state index contributed by atoms with van der Waals surface area (Å²) in [6.07, 6.45) is 0. The lowest BCUT2D eigenvalue weighted by atomic mass is 10.4. The highest BCUT2D eigenvalue weighted by Crippen LogP contribution is 2.31. The van der Waals surface area contributed by atoms with E-state index in [-0.39, 0.29) is 0 Å². The van der Waals surface area contributed by atoms with Crippen LogP contribution in [0, 0.1) is 0 Å². The molecule has 0 heterocycles. The van der Waals surface area contributed by atoms with Crippen molar-refractivity contribution in [3.05, 3.63) is 39.3 Å². The van der Waals surface area contributed by atoms with Gasteiger partial charge in [-0.05, 0) is 22.7 Å². The summed E-state index contributed by atoms with van der Waals surface area (Å²) >= 11 is 16.6. The molecule has 0 unspecified atom stereocenters. The van der Waals surface area contributed by atoms with Crippen molar-refractivity contribution < 1.29 is 0 Å². The van der Waals surface area contributed by atoms with Gasteiger partial charge < -0.3 is 0 Å². The van der Waals surface area contributed by atoms with E-state index in [0.717, 1.165) is 15.1 Å². The average Bonchev–Trinajstić information content (AvgIpc) is 2.02. The number of rotatable bonds is 3. The molecule has 0 saturated heterocycles. The third-order valence-electron chi connectivity index (χ3n) is 1.28. The predicted octanol–water partition coefficient (Wildman–Crippen LogP) is 4.99. The molecule has 0 radical (unpaired) electrons. The van der Waals surface area contributed by atoms with Crippen LogP contribution in [0.5, 0.6) is 0 Å². The minimum absolute atomic E-state index is 0.659. The van der Waals surface area contributed by atoms with Gasteiger partial charge >= 0.3 is 0 Å². The fourth-order valence-corrected chi connectivity index (χ4v) is 2.34. The van der Waals surface area contributed by atoms with Gasteiger partial charge in [-0.2, -0.15) is 0 Å². The van der Waals surface area contributed by atoms with Gasteiger partial charge in [0.25, 0.3) is 0 Å². The molecule has 0 saturated carbocycles. The average molecular weight is 298 g/mol. The van der Waals surface area contributed by atoms with E-state index in [9.17, 15) is 0 Å². The number of halogens is 3. The fourth-order valence-electron chi connectivity index (χ4n) is 0.748. The van der Waals surface area contributed by atoms with Gasteiger partial charge in [0.05, 0.1) is 5.02 Å². The van der Waals surface area contributed by atoms with E-state index in [0.29, 0.717) is 10.0 Å². The van der Waals surface area contributed by atoms with Crippen molar-refractivity contribution in [2.45, 2.75) is 4.90 Å². The molecule has 70 valence electrons. The van der Waals surface area contributed by atoms with Gasteiger partial charge in [0.15, 0.2) is 0 Å². The van der Waals surface area contributed by atoms with Crippen LogP contribution in [0.1, 0.15) is 0 Å². The molecular formula is C9H7BrCl2S. The van der Waals surface area contributed by atoms with Gasteiger partial charge in [-0.1, -0.05) is 45.7 Å². The first-order valence-electron chi connectivity index (χ1n) is 3.50. The first-order valence-corrected chi connectivity index (χ1v) is 6.04. The molecule has 0 aliphatic rings. The molecule has 0 nitrogen and oxygen atoms in total. The Kier molecular flexibility index (Phi) is 4.67. The van der Waals surface area contributed by atoms with Crippen molar-refractivity contribution in [2.24, 2.45) is 0 Å². The third-order valence-corrected chi connectivity index (χ3v) is 3.75. The second-order valence-electron chi connectivity index (χ2n) is 2.38. The second-order valence-corrected chi connectivity index (χ2v) is 5.36. The standard InChI is InChI=1S/C9H7BrCl2S/c1-6(10)5-13-9-3-2-7(11)4-8(9)12/h2-4H,1,5H2. The van der Waals surface area contributed by atoms with Gasteiger partial charge in [0, 0.05) is 15.7 Å². The molecule has 0 aliphatic carbocycles. The number of hydrogen-bond donors (Lipinski definition) is 0. The van der Waals surface area contributed by atoms with Gasteiger partial charge in [0.2, 0.25) is 0 Å². The molecule has 1 aromatic rings. The van der Waals surface area contributed by atoms with E-state index in [4.69, 9.17) is 23.2 Å². The number of thioether (sulfide) groups is 1. The van der Waals surface area contributed by atoms with E-state index in [2.05, 4.69) is 22.5 Å². The van der Waals surface area contributed by atoms with Crippen LogP contribution < -0.4 is 0 Å². The molecule has 0 N–H and O–H groups in total. The van der Waals surface area contributed by atoms with E-state index in [1.54, 1.807) is 17.8 Å². The molecule has 1 rings (SSSR count). The molecule has 1 aromatic carbocycles. The first kappa shape index (κ1) is 11.4. The van der Waals surface area contributed by atoms with Crippen LogP contribution in [0.3, 0.4) is 0 Å². The van der Waals surface area contributed by atoms with E-state index in [1.807, 2.05) is 12.1 Å². The summed E-state index contributed by atoms with van der Waals surface area (Å²) in [6, 6.07) is 5.47. The van der Waals surface area contributed by atoms with Crippen LogP contribution in [0.25, 0.3) is 0 Å². The van der Waals surface area contributed by atoms with Gasteiger partial charge in [-0.3, -0.25) is 0 Å². The quantitative estimate of drug-likeness (QED) is 0.708. The molecule has 0 aromatic heterocycles. The molecule has 0 atom stereocenters. The van der Waals surface area contributed by atoms with Gasteiger partial charge in [-0.15, -0.1) is 11.8 Å². The molecular weight excluding hydrogens is 291 g/mol. The van der Waals surface area contributed by atoms with Crippen LogP contribution in [0.4, 0.5) is 0 Å². The van der Waals surface area contributed by atoms with E-state index in [1.165, 1.54) is 0 Å². The maximum Gasteiger partial charge on any atom is 0.0556 e. The lowest BCUT2D eigenvalue weighted by Crippen LogP contribution is -1.78. The summed E-state index contributed by atoms with van der Waals surface area (Å²) in [7, 11) is 0. The minimum atomic E-state index is 0.659. The van der Waals surface area contributed by atoms with Crippen molar-refractivity contribution >= 4 is 50.9 Å². The first-order chi connectivity index (χ1) is 6.09. The van der Waals surface area contributed by atoms with E-state index < -0.39 is 0 Å². The Morgan fingerprint density at radius 2 is 2.15 bits per heavy atom. The van der Waals surface area contributed by atoms with Crippen molar-refractivity contribution in [1.29, 1.82) is 0 Å². The zero-order valence-electron chi connectivity index (χ0n) is 6.69. The molecule has 0 spiro atoms. The van der Waals surface area contributed by atoms with E-state index >= 15 is 0 Å². The van der Waals surface area contributed by atoms with Crippen LogP contribution >= 0.6 is 50.9 Å². The summed E-state index contributed by atoms with van der Waals surface area (Å²) in [4.78, 5) is 1.02. The Hall–Kier alpha value is 0.370. The molecule has 0 fully saturated rings. The Labute approximate surface area is 100 Å². The number of hydrogen-bond acceptors (Lipinski definition) is 1. The van der Waals surface area contributed by atoms with Gasteiger partial charge in [-0.25, -0.2) is 0 Å². The second kappa shape index (κ2) is 5.30. The lowest BCUT2D eigenvalue weighted by molar-refractivity contribution is 1.46. The maximum absolute atomic E-state index is 5.96. The van der Waals surface area contributed by atoms with Crippen molar-refractivity contribution in [3.63, 3.8) is 0 Å². The largest absolute Gasteiger partial charge is 0.119 e. The number of benzene rings is 1. The van der Waals surface area contributed by atoms with Crippen LogP contribution in [0.2, 0.25) is 10.0 Å². The molecule has 4 heteroatoms. The normalized spacial score (nSPS) is 10.1. The fraction of sp³-hybridized carbons (Fsp3) is 0.111. The van der Waals surface area contributed by atoms with Crippen molar-refractivity contribution in [2.75, 3.05) is 5.75 Å².